The van der Waals surface area contributed by atoms with Gasteiger partial charge in [0.15, 0.2) is 11.5 Å². The number of nitro groups is 1. The predicted molar refractivity (Wildman–Crippen MR) is 146 cm³/mol. The number of ether oxygens (including phenoxy) is 2. The molecule has 0 aliphatic carbocycles. The normalized spacial score (nSPS) is 10.8. The van der Waals surface area contributed by atoms with Crippen molar-refractivity contribution in [2.45, 2.75) is 18.4 Å². The number of hydrogen-bond acceptors (Lipinski definition) is 7. The molecule has 0 saturated heterocycles. The van der Waals surface area contributed by atoms with Crippen molar-refractivity contribution < 1.29 is 19.2 Å². The van der Waals surface area contributed by atoms with Crippen molar-refractivity contribution in [3.63, 3.8) is 0 Å². The Hall–Kier alpha value is -2.83. The van der Waals surface area contributed by atoms with Gasteiger partial charge in [0.05, 0.1) is 27.1 Å². The summed E-state index contributed by atoms with van der Waals surface area (Å²) in [6.45, 7) is 2.42. The number of benzene rings is 3. The molecule has 0 saturated carbocycles. The zero-order valence-corrected chi connectivity index (χ0v) is 22.3. The fourth-order valence-corrected chi connectivity index (χ4v) is 4.47. The van der Waals surface area contributed by atoms with Crippen LogP contribution in [-0.4, -0.2) is 29.4 Å². The highest BCUT2D eigenvalue weighted by Crippen LogP contribution is 2.34. The number of nitrogens with zero attached hydrogens (tertiary/aromatic N) is 2. The van der Waals surface area contributed by atoms with E-state index in [1.165, 1.54) is 30.1 Å². The summed E-state index contributed by atoms with van der Waals surface area (Å²) in [6.07, 6.45) is 1.53. The summed E-state index contributed by atoms with van der Waals surface area (Å²) in [5, 5.41) is 15.7. The lowest BCUT2D eigenvalue weighted by Crippen LogP contribution is -2.19. The molecular weight excluding hydrogens is 605 g/mol. The molecule has 182 valence electrons. The van der Waals surface area contributed by atoms with Crippen LogP contribution in [0, 0.1) is 13.7 Å². The van der Waals surface area contributed by atoms with Crippen molar-refractivity contribution in [3.05, 3.63) is 90.5 Å². The Labute approximate surface area is 225 Å². The Morgan fingerprint density at radius 2 is 1.97 bits per heavy atom. The van der Waals surface area contributed by atoms with Crippen LogP contribution in [0.15, 0.2) is 70.7 Å². The third-order valence-corrected chi connectivity index (χ3v) is 6.49. The molecule has 3 aromatic rings. The third-order valence-electron chi connectivity index (χ3n) is 4.42. The fraction of sp³-hybridized carbons (Fsp3) is 0.167. The van der Waals surface area contributed by atoms with Crippen LogP contribution in [0.2, 0.25) is 5.02 Å². The predicted octanol–water partition coefficient (Wildman–Crippen LogP) is 6.07. The van der Waals surface area contributed by atoms with Crippen molar-refractivity contribution in [3.8, 4) is 11.5 Å². The molecule has 3 aromatic carbocycles. The van der Waals surface area contributed by atoms with E-state index in [2.05, 4.69) is 33.1 Å². The van der Waals surface area contributed by atoms with Crippen LogP contribution >= 0.6 is 46.0 Å². The molecule has 0 heterocycles. The zero-order chi connectivity index (χ0) is 25.2. The van der Waals surface area contributed by atoms with Gasteiger partial charge in [0.2, 0.25) is 5.91 Å². The highest BCUT2D eigenvalue weighted by molar-refractivity contribution is 14.1. The molecular formula is C24H21ClIN3O5S. The van der Waals surface area contributed by atoms with Crippen LogP contribution in [0.25, 0.3) is 0 Å². The SMILES string of the molecule is CCOc1cc(/C=N\NC(=O)CSc2ccc(Cl)cc2)cc(I)c1OCc1cccc([N+](=O)[O-])c1. The van der Waals surface area contributed by atoms with Crippen LogP contribution in [0.1, 0.15) is 18.1 Å². The standard InChI is InChI=1S/C24H21ClIN3O5S/c1-2-33-22-12-17(13-27-28-23(30)15-35-20-8-6-18(25)7-9-20)11-21(26)24(22)34-14-16-4-3-5-19(10-16)29(31)32/h3-13H,2,14-15H2,1H3,(H,28,30)/b27-13-. The Morgan fingerprint density at radius 3 is 2.69 bits per heavy atom. The molecule has 8 nitrogen and oxygen atoms in total. The second-order valence-corrected chi connectivity index (χ2v) is 9.66. The lowest BCUT2D eigenvalue weighted by Gasteiger charge is -2.14. The summed E-state index contributed by atoms with van der Waals surface area (Å²) < 4.78 is 12.4. The van der Waals surface area contributed by atoms with Crippen LogP contribution in [0.5, 0.6) is 11.5 Å². The van der Waals surface area contributed by atoms with Crippen molar-refractivity contribution in [1.82, 2.24) is 5.43 Å². The summed E-state index contributed by atoms with van der Waals surface area (Å²) >= 11 is 9.37. The Bertz CT molecular complexity index is 1220. The first kappa shape index (κ1) is 26.8. The van der Waals surface area contributed by atoms with E-state index in [1.807, 2.05) is 25.1 Å². The van der Waals surface area contributed by atoms with Crippen molar-refractivity contribution in [2.24, 2.45) is 5.10 Å². The first-order valence-electron chi connectivity index (χ1n) is 10.4. The first-order valence-corrected chi connectivity index (χ1v) is 12.8. The number of hydrogen-bond donors (Lipinski definition) is 1. The molecule has 0 spiro atoms. The number of thioether (sulfide) groups is 1. The molecule has 0 unspecified atom stereocenters. The van der Waals surface area contributed by atoms with E-state index < -0.39 is 4.92 Å². The smallest absolute Gasteiger partial charge is 0.269 e. The Kier molecular flexibility index (Phi) is 10.2. The number of carbonyl (C=O) groups excluding carboxylic acids is 1. The van der Waals surface area contributed by atoms with Crippen LogP contribution in [0.3, 0.4) is 0 Å². The van der Waals surface area contributed by atoms with Gasteiger partial charge in [-0.05, 0) is 77.0 Å². The molecule has 35 heavy (non-hydrogen) atoms. The highest BCUT2D eigenvalue weighted by atomic mass is 127. The molecule has 0 fully saturated rings. The van der Waals surface area contributed by atoms with Gasteiger partial charge in [0, 0.05) is 22.1 Å². The second kappa shape index (κ2) is 13.3. The number of amides is 1. The van der Waals surface area contributed by atoms with Gasteiger partial charge in [-0.3, -0.25) is 14.9 Å². The van der Waals surface area contributed by atoms with Crippen molar-refractivity contribution in [2.75, 3.05) is 12.4 Å². The van der Waals surface area contributed by atoms with E-state index in [9.17, 15) is 14.9 Å². The minimum Gasteiger partial charge on any atom is -0.490 e. The van der Waals surface area contributed by atoms with Gasteiger partial charge in [0.25, 0.3) is 5.69 Å². The Morgan fingerprint density at radius 1 is 1.20 bits per heavy atom. The molecule has 1 amide bonds. The molecule has 0 radical (unpaired) electrons. The van der Waals surface area contributed by atoms with Gasteiger partial charge < -0.3 is 9.47 Å². The molecule has 11 heteroatoms. The van der Waals surface area contributed by atoms with E-state index in [1.54, 1.807) is 30.3 Å². The average molecular weight is 626 g/mol. The number of hydrazone groups is 1. The van der Waals surface area contributed by atoms with Crippen LogP contribution in [0.4, 0.5) is 5.69 Å². The summed E-state index contributed by atoms with van der Waals surface area (Å²) in [5.41, 5.74) is 3.90. The lowest BCUT2D eigenvalue weighted by molar-refractivity contribution is -0.384. The maximum atomic E-state index is 12.1. The van der Waals surface area contributed by atoms with E-state index in [0.29, 0.717) is 34.3 Å². The third kappa shape index (κ3) is 8.41. The highest BCUT2D eigenvalue weighted by Gasteiger charge is 2.13. The maximum absolute atomic E-state index is 12.1. The number of halogens is 2. The minimum atomic E-state index is -0.442. The van der Waals surface area contributed by atoms with Crippen LogP contribution < -0.4 is 14.9 Å². The molecule has 0 bridgehead atoms. The number of nitrogens with one attached hydrogen (secondary N) is 1. The number of rotatable bonds is 11. The van der Waals surface area contributed by atoms with E-state index in [-0.39, 0.29) is 24.0 Å². The van der Waals surface area contributed by atoms with E-state index in [0.717, 1.165) is 8.47 Å². The molecule has 1 N–H and O–H groups in total. The topological polar surface area (TPSA) is 103 Å². The maximum Gasteiger partial charge on any atom is 0.269 e. The van der Waals surface area contributed by atoms with Gasteiger partial charge in [0.1, 0.15) is 6.61 Å². The van der Waals surface area contributed by atoms with Gasteiger partial charge in [-0.25, -0.2) is 5.43 Å². The second-order valence-electron chi connectivity index (χ2n) is 7.01. The summed E-state index contributed by atoms with van der Waals surface area (Å²) in [7, 11) is 0. The molecule has 0 atom stereocenters. The zero-order valence-electron chi connectivity index (χ0n) is 18.6. The number of carbonyl (C=O) groups is 1. The van der Waals surface area contributed by atoms with E-state index in [4.69, 9.17) is 21.1 Å². The average Bonchev–Trinajstić information content (AvgIpc) is 2.83. The number of nitro benzene ring substituents is 1. The molecule has 3 rings (SSSR count). The molecule has 0 aliphatic rings. The largest absolute Gasteiger partial charge is 0.490 e. The lowest BCUT2D eigenvalue weighted by atomic mass is 10.2. The summed E-state index contributed by atoms with van der Waals surface area (Å²) in [5.74, 6) is 1.01. The van der Waals surface area contributed by atoms with Gasteiger partial charge in [-0.2, -0.15) is 5.10 Å². The van der Waals surface area contributed by atoms with Crippen molar-refractivity contribution >= 4 is 63.8 Å². The molecule has 0 aromatic heterocycles. The summed E-state index contributed by atoms with van der Waals surface area (Å²) in [4.78, 5) is 23.6. The monoisotopic (exact) mass is 625 g/mol. The van der Waals surface area contributed by atoms with Crippen LogP contribution in [-0.2, 0) is 11.4 Å². The van der Waals surface area contributed by atoms with Gasteiger partial charge in [-0.15, -0.1) is 11.8 Å². The first-order chi connectivity index (χ1) is 16.9. The number of non-ortho nitro benzene ring substituents is 1. The quantitative estimate of drug-likeness (QED) is 0.0912. The summed E-state index contributed by atoms with van der Waals surface area (Å²) in [6, 6.07) is 17.1. The van der Waals surface area contributed by atoms with Gasteiger partial charge >= 0.3 is 0 Å². The van der Waals surface area contributed by atoms with E-state index >= 15 is 0 Å². The fourth-order valence-electron chi connectivity index (χ4n) is 2.87. The Balaban J connectivity index is 1.62. The minimum absolute atomic E-state index is 0.00556. The van der Waals surface area contributed by atoms with Gasteiger partial charge in [-0.1, -0.05) is 23.7 Å². The van der Waals surface area contributed by atoms with Crippen molar-refractivity contribution in [1.29, 1.82) is 0 Å². The molecule has 0 aliphatic heterocycles.